The van der Waals surface area contributed by atoms with Crippen LogP contribution in [0.3, 0.4) is 0 Å². The lowest BCUT2D eigenvalue weighted by Crippen LogP contribution is -2.49. The zero-order valence-corrected chi connectivity index (χ0v) is 15.5. The van der Waals surface area contributed by atoms with E-state index in [1.54, 1.807) is 11.3 Å². The molecule has 1 aromatic rings. The molecule has 1 aromatic heterocycles. The molecule has 0 bridgehead atoms. The number of thiazole rings is 1. The van der Waals surface area contributed by atoms with E-state index in [1.807, 2.05) is 29.3 Å². The molecule has 2 heterocycles. The van der Waals surface area contributed by atoms with Crippen LogP contribution in [0, 0.1) is 12.8 Å². The number of rotatable bonds is 5. The number of carbonyl (C=O) groups excluding carboxylic acids is 2. The van der Waals surface area contributed by atoms with Crippen molar-refractivity contribution < 1.29 is 9.59 Å². The number of piperidine rings is 1. The van der Waals surface area contributed by atoms with Crippen molar-refractivity contribution in [3.63, 3.8) is 0 Å². The quantitative estimate of drug-likeness (QED) is 0.821. The highest BCUT2D eigenvalue weighted by molar-refractivity contribution is 7.09. The number of nitrogens with zero attached hydrogens (tertiary/aromatic N) is 3. The number of likely N-dealkylation sites (N-methyl/N-ethyl adjacent to an activating group) is 1. The lowest BCUT2D eigenvalue weighted by Gasteiger charge is -2.37. The fourth-order valence-corrected chi connectivity index (χ4v) is 4.67. The first-order chi connectivity index (χ1) is 11.6. The Hall–Kier alpha value is -1.43. The van der Waals surface area contributed by atoms with Crippen LogP contribution in [0.1, 0.15) is 49.1 Å². The van der Waals surface area contributed by atoms with Gasteiger partial charge in [0.1, 0.15) is 0 Å². The summed E-state index contributed by atoms with van der Waals surface area (Å²) in [6.07, 6.45) is 6.71. The Labute approximate surface area is 148 Å². The van der Waals surface area contributed by atoms with E-state index in [4.69, 9.17) is 0 Å². The van der Waals surface area contributed by atoms with Crippen LogP contribution in [-0.4, -0.2) is 52.8 Å². The molecule has 0 unspecified atom stereocenters. The van der Waals surface area contributed by atoms with Gasteiger partial charge in [0.2, 0.25) is 11.8 Å². The zero-order valence-electron chi connectivity index (χ0n) is 14.7. The van der Waals surface area contributed by atoms with Gasteiger partial charge in [0.05, 0.1) is 17.1 Å². The summed E-state index contributed by atoms with van der Waals surface area (Å²) >= 11 is 1.65. The number of aryl methyl sites for hydroxylation is 1. The first-order valence-corrected chi connectivity index (χ1v) is 9.87. The Morgan fingerprint density at radius 2 is 2.12 bits per heavy atom. The van der Waals surface area contributed by atoms with E-state index in [0.29, 0.717) is 25.4 Å². The minimum Gasteiger partial charge on any atom is -0.345 e. The Bertz CT molecular complexity index is 595. The van der Waals surface area contributed by atoms with Gasteiger partial charge in [-0.3, -0.25) is 9.59 Å². The maximum Gasteiger partial charge on any atom is 0.227 e. The highest BCUT2D eigenvalue weighted by Crippen LogP contribution is 2.29. The molecular weight excluding hydrogens is 322 g/mol. The lowest BCUT2D eigenvalue weighted by molar-refractivity contribution is -0.144. The second kappa shape index (κ2) is 7.64. The van der Waals surface area contributed by atoms with E-state index >= 15 is 0 Å². The Kier molecular flexibility index (Phi) is 5.54. The predicted octanol–water partition coefficient (Wildman–Crippen LogP) is 2.63. The van der Waals surface area contributed by atoms with E-state index in [9.17, 15) is 9.59 Å². The van der Waals surface area contributed by atoms with E-state index < -0.39 is 0 Å². The monoisotopic (exact) mass is 349 g/mol. The van der Waals surface area contributed by atoms with Crippen LogP contribution in [0.4, 0.5) is 0 Å². The molecule has 1 aliphatic heterocycles. The summed E-state index contributed by atoms with van der Waals surface area (Å²) in [7, 11) is 1.88. The van der Waals surface area contributed by atoms with Crippen LogP contribution in [0.5, 0.6) is 0 Å². The summed E-state index contributed by atoms with van der Waals surface area (Å²) in [6.45, 7) is 3.35. The van der Waals surface area contributed by atoms with Crippen molar-refractivity contribution >= 4 is 23.2 Å². The third-order valence-electron chi connectivity index (χ3n) is 5.45. The third kappa shape index (κ3) is 3.79. The van der Waals surface area contributed by atoms with Crippen molar-refractivity contribution in [2.75, 3.05) is 20.1 Å². The summed E-state index contributed by atoms with van der Waals surface area (Å²) in [5, 5.41) is 0. The summed E-state index contributed by atoms with van der Waals surface area (Å²) < 4.78 is 0. The smallest absolute Gasteiger partial charge is 0.227 e. The molecule has 24 heavy (non-hydrogen) atoms. The number of carbonyl (C=O) groups is 2. The molecular formula is C18H27N3O2S. The number of hydrogen-bond donors (Lipinski definition) is 0. The molecule has 0 spiro atoms. The largest absolute Gasteiger partial charge is 0.345 e. The molecule has 0 aromatic carbocycles. The van der Waals surface area contributed by atoms with Gasteiger partial charge in [-0.25, -0.2) is 4.98 Å². The molecule has 132 valence electrons. The highest BCUT2D eigenvalue weighted by atomic mass is 32.1. The van der Waals surface area contributed by atoms with Gasteiger partial charge in [0.15, 0.2) is 0 Å². The van der Waals surface area contributed by atoms with Gasteiger partial charge in [-0.1, -0.05) is 12.8 Å². The van der Waals surface area contributed by atoms with Crippen LogP contribution in [0.15, 0.2) is 5.51 Å². The average molecular weight is 350 g/mol. The van der Waals surface area contributed by atoms with Crippen molar-refractivity contribution in [1.82, 2.24) is 14.8 Å². The van der Waals surface area contributed by atoms with Crippen LogP contribution in [-0.2, 0) is 16.0 Å². The first-order valence-electron chi connectivity index (χ1n) is 8.99. The van der Waals surface area contributed by atoms with Crippen molar-refractivity contribution in [2.24, 2.45) is 5.92 Å². The van der Waals surface area contributed by atoms with Gasteiger partial charge in [-0.15, -0.1) is 11.3 Å². The van der Waals surface area contributed by atoms with E-state index in [2.05, 4.69) is 4.98 Å². The van der Waals surface area contributed by atoms with Crippen LogP contribution < -0.4 is 0 Å². The second-order valence-electron chi connectivity index (χ2n) is 7.09. The molecule has 1 saturated carbocycles. The van der Waals surface area contributed by atoms with Crippen LogP contribution in [0.2, 0.25) is 0 Å². The van der Waals surface area contributed by atoms with Gasteiger partial charge in [-0.2, -0.15) is 0 Å². The molecule has 0 N–H and O–H groups in total. The topological polar surface area (TPSA) is 53.5 Å². The average Bonchev–Trinajstić information content (AvgIpc) is 3.24. The summed E-state index contributed by atoms with van der Waals surface area (Å²) in [6, 6.07) is 0.373. The van der Waals surface area contributed by atoms with Crippen molar-refractivity contribution in [2.45, 2.75) is 57.9 Å². The molecule has 0 radical (unpaired) electrons. The van der Waals surface area contributed by atoms with Gasteiger partial charge in [0, 0.05) is 43.9 Å². The molecule has 1 atom stereocenters. The number of likely N-dealkylation sites (tertiary alicyclic amines) is 1. The fraction of sp³-hybridized carbons (Fsp3) is 0.722. The van der Waals surface area contributed by atoms with Crippen molar-refractivity contribution in [3.05, 3.63) is 16.1 Å². The Morgan fingerprint density at radius 3 is 2.79 bits per heavy atom. The van der Waals surface area contributed by atoms with E-state index in [0.717, 1.165) is 31.5 Å². The zero-order chi connectivity index (χ0) is 17.1. The minimum atomic E-state index is -0.0316. The SMILES string of the molecule is Cc1ncsc1CCN(C)C(=O)[C@H]1CCC(=O)N(C2CCCC2)C1. The Morgan fingerprint density at radius 1 is 1.38 bits per heavy atom. The van der Waals surface area contributed by atoms with Gasteiger partial charge in [0.25, 0.3) is 0 Å². The standard InChI is InChI=1S/C18H27N3O2S/c1-13-16(24-12-19-13)9-10-20(2)18(23)14-7-8-17(22)21(11-14)15-5-3-4-6-15/h12,14-15H,3-11H2,1-2H3/t14-/m0/s1. The predicted molar refractivity (Wildman–Crippen MR) is 94.9 cm³/mol. The van der Waals surface area contributed by atoms with Crippen molar-refractivity contribution in [3.8, 4) is 0 Å². The molecule has 1 saturated heterocycles. The maximum absolute atomic E-state index is 12.8. The molecule has 2 aliphatic rings. The lowest BCUT2D eigenvalue weighted by atomic mass is 9.94. The van der Waals surface area contributed by atoms with Gasteiger partial charge < -0.3 is 9.80 Å². The second-order valence-corrected chi connectivity index (χ2v) is 8.03. The fourth-order valence-electron chi connectivity index (χ4n) is 3.90. The Balaban J connectivity index is 1.55. The molecule has 2 amide bonds. The molecule has 2 fully saturated rings. The first kappa shape index (κ1) is 17.4. The van der Waals surface area contributed by atoms with Crippen LogP contribution >= 0.6 is 11.3 Å². The number of hydrogen-bond acceptors (Lipinski definition) is 4. The summed E-state index contributed by atoms with van der Waals surface area (Å²) in [5.41, 5.74) is 2.93. The van der Waals surface area contributed by atoms with Crippen LogP contribution in [0.25, 0.3) is 0 Å². The van der Waals surface area contributed by atoms with Crippen molar-refractivity contribution in [1.29, 1.82) is 0 Å². The third-order valence-corrected chi connectivity index (χ3v) is 6.45. The van der Waals surface area contributed by atoms with E-state index in [1.165, 1.54) is 17.7 Å². The summed E-state index contributed by atoms with van der Waals surface area (Å²) in [4.78, 5) is 34.4. The molecule has 6 heteroatoms. The molecule has 1 aliphatic carbocycles. The highest BCUT2D eigenvalue weighted by Gasteiger charge is 2.36. The van der Waals surface area contributed by atoms with Gasteiger partial charge in [-0.05, 0) is 26.2 Å². The maximum atomic E-state index is 12.8. The molecule has 3 rings (SSSR count). The number of amides is 2. The van der Waals surface area contributed by atoms with E-state index in [-0.39, 0.29) is 17.7 Å². The van der Waals surface area contributed by atoms with Gasteiger partial charge >= 0.3 is 0 Å². The number of aromatic nitrogens is 1. The molecule has 5 nitrogen and oxygen atoms in total. The minimum absolute atomic E-state index is 0.0316. The normalized spacial score (nSPS) is 22.2. The summed E-state index contributed by atoms with van der Waals surface area (Å²) in [5.74, 6) is 0.400.